The van der Waals surface area contributed by atoms with E-state index >= 15 is 0 Å². The van der Waals surface area contributed by atoms with Crippen molar-refractivity contribution in [3.05, 3.63) is 64.3 Å². The molecule has 3 aromatic carbocycles. The molecule has 0 aromatic heterocycles. The minimum atomic E-state index is -0.257. The first-order valence-corrected chi connectivity index (χ1v) is 11.4. The maximum Gasteiger partial charge on any atom is 0.310 e. The molecule has 3 aromatic rings. The largest absolute Gasteiger partial charge is 0.497 e. The van der Waals surface area contributed by atoms with E-state index in [4.69, 9.17) is 9.47 Å². The van der Waals surface area contributed by atoms with Crippen LogP contribution in [0.4, 0.5) is 0 Å². The fraction of sp³-hybridized carbons (Fsp3) is 0.423. The zero-order chi connectivity index (χ0) is 23.8. The lowest BCUT2D eigenvalue weighted by Gasteiger charge is -2.27. The normalized spacial score (nSPS) is 18.0. The quantitative estimate of drug-likeness (QED) is 0.529. The molecule has 1 aliphatic heterocycles. The minimum absolute atomic E-state index is 0.00938. The van der Waals surface area contributed by atoms with E-state index in [2.05, 4.69) is 10.2 Å². The molecule has 1 amide bonds. The van der Waals surface area contributed by atoms with Crippen LogP contribution in [0.3, 0.4) is 0 Å². The van der Waals surface area contributed by atoms with Gasteiger partial charge < -0.3 is 14.8 Å². The molecule has 2 unspecified atom stereocenters. The molecule has 1 N–H and O–H groups in total. The summed E-state index contributed by atoms with van der Waals surface area (Å²) in [5.74, 6) is 0.304. The second kappa shape index (κ2) is 11.6. The van der Waals surface area contributed by atoms with Crippen LogP contribution in [0.25, 0.3) is 10.8 Å². The Hall–Kier alpha value is -3.19. The summed E-state index contributed by atoms with van der Waals surface area (Å²) < 4.78 is 10.5. The van der Waals surface area contributed by atoms with Gasteiger partial charge in [0.1, 0.15) is 5.75 Å². The predicted molar refractivity (Wildman–Crippen MR) is 128 cm³/mol. The van der Waals surface area contributed by atoms with Gasteiger partial charge in [-0.05, 0) is 37.5 Å². The standard InChI is InChI=1S/C19H28N2O4.C7H4O/c1-4-11-20-17(22)13-21-12-10-16(19(23)25-5-2)18(21)14-6-8-15(24-3)9-7-14;8-7-5-3-1-2-4-6(5)7/h6-9,16,18H,4-5,10-13H2,1-3H3,(H,20,22);1-4H. The highest BCUT2D eigenvalue weighted by atomic mass is 16.5. The van der Waals surface area contributed by atoms with Gasteiger partial charge in [0.2, 0.25) is 5.91 Å². The number of hydrogen-bond acceptors (Lipinski definition) is 6. The zero-order valence-electron chi connectivity index (χ0n) is 19.5. The fourth-order valence-electron chi connectivity index (χ4n) is 4.11. The van der Waals surface area contributed by atoms with E-state index in [1.807, 2.05) is 62.4 Å². The maximum atomic E-state index is 12.4. The molecule has 33 heavy (non-hydrogen) atoms. The van der Waals surface area contributed by atoms with E-state index in [0.29, 0.717) is 26.1 Å². The van der Waals surface area contributed by atoms with Gasteiger partial charge in [0.15, 0.2) is 5.43 Å². The minimum Gasteiger partial charge on any atom is -0.497 e. The van der Waals surface area contributed by atoms with E-state index < -0.39 is 0 Å². The number of esters is 1. The second-order valence-electron chi connectivity index (χ2n) is 8.06. The first-order valence-electron chi connectivity index (χ1n) is 11.4. The number of carbonyl (C=O) groups excluding carboxylic acids is 2. The number of rotatable bonds is 8. The number of carbonyl (C=O) groups is 2. The van der Waals surface area contributed by atoms with Crippen molar-refractivity contribution in [2.75, 3.05) is 33.4 Å². The van der Waals surface area contributed by atoms with Crippen LogP contribution >= 0.6 is 0 Å². The molecule has 1 fully saturated rings. The highest BCUT2D eigenvalue weighted by Gasteiger charge is 2.41. The Morgan fingerprint density at radius 1 is 1.06 bits per heavy atom. The molecule has 1 saturated heterocycles. The molecule has 7 heteroatoms. The summed E-state index contributed by atoms with van der Waals surface area (Å²) in [5, 5.41) is 4.69. The second-order valence-corrected chi connectivity index (χ2v) is 8.06. The number of hydrogen-bond donors (Lipinski definition) is 1. The Morgan fingerprint density at radius 2 is 1.73 bits per heavy atom. The summed E-state index contributed by atoms with van der Waals surface area (Å²) in [6.45, 7) is 5.84. The van der Waals surface area contributed by atoms with Crippen molar-refractivity contribution in [2.24, 2.45) is 5.92 Å². The zero-order valence-corrected chi connectivity index (χ0v) is 19.5. The third-order valence-corrected chi connectivity index (χ3v) is 5.82. The van der Waals surface area contributed by atoms with Gasteiger partial charge in [0, 0.05) is 29.9 Å². The number of nitrogens with one attached hydrogen (secondary N) is 1. The Labute approximate surface area is 194 Å². The van der Waals surface area contributed by atoms with Crippen LogP contribution in [0.1, 0.15) is 38.3 Å². The molecule has 0 radical (unpaired) electrons. The molecule has 0 spiro atoms. The molecule has 7 nitrogen and oxygen atoms in total. The van der Waals surface area contributed by atoms with Gasteiger partial charge in [-0.1, -0.05) is 43.3 Å². The van der Waals surface area contributed by atoms with Crippen molar-refractivity contribution in [2.45, 2.75) is 32.7 Å². The smallest absolute Gasteiger partial charge is 0.310 e. The van der Waals surface area contributed by atoms with Crippen LogP contribution in [0.2, 0.25) is 0 Å². The highest BCUT2D eigenvalue weighted by molar-refractivity contribution is 5.97. The average molecular weight is 453 g/mol. The van der Waals surface area contributed by atoms with Crippen molar-refractivity contribution in [3.63, 3.8) is 0 Å². The monoisotopic (exact) mass is 452 g/mol. The van der Waals surface area contributed by atoms with E-state index in [1.54, 1.807) is 7.11 Å². The van der Waals surface area contributed by atoms with Gasteiger partial charge in [0.25, 0.3) is 0 Å². The van der Waals surface area contributed by atoms with Gasteiger partial charge in [-0.3, -0.25) is 19.3 Å². The van der Waals surface area contributed by atoms with E-state index in [-0.39, 0.29) is 35.8 Å². The lowest BCUT2D eigenvalue weighted by atomic mass is 9.93. The fourth-order valence-corrected chi connectivity index (χ4v) is 4.11. The van der Waals surface area contributed by atoms with Crippen LogP contribution in [-0.2, 0) is 14.3 Å². The van der Waals surface area contributed by atoms with Gasteiger partial charge in [-0.15, -0.1) is 0 Å². The van der Waals surface area contributed by atoms with Crippen molar-refractivity contribution in [1.29, 1.82) is 0 Å². The number of nitrogens with zero attached hydrogens (tertiary/aromatic N) is 1. The Kier molecular flexibility index (Phi) is 8.60. The number of ether oxygens (including phenoxy) is 2. The van der Waals surface area contributed by atoms with Gasteiger partial charge in [-0.2, -0.15) is 0 Å². The third kappa shape index (κ3) is 6.20. The molecule has 0 saturated carbocycles. The molecule has 176 valence electrons. The van der Waals surface area contributed by atoms with Crippen molar-refractivity contribution in [3.8, 4) is 5.75 Å². The summed E-state index contributed by atoms with van der Waals surface area (Å²) >= 11 is 0. The number of amides is 1. The molecule has 1 aliphatic rings. The van der Waals surface area contributed by atoms with Crippen molar-refractivity contribution < 1.29 is 19.1 Å². The van der Waals surface area contributed by atoms with E-state index in [9.17, 15) is 14.4 Å². The highest BCUT2D eigenvalue weighted by Crippen LogP contribution is 2.38. The lowest BCUT2D eigenvalue weighted by Crippen LogP contribution is -2.38. The Balaban J connectivity index is 0.000000316. The lowest BCUT2D eigenvalue weighted by molar-refractivity contribution is -0.149. The van der Waals surface area contributed by atoms with Gasteiger partial charge in [0.05, 0.1) is 26.2 Å². The Bertz CT molecular complexity index is 1040. The van der Waals surface area contributed by atoms with Crippen LogP contribution in [0.15, 0.2) is 53.3 Å². The van der Waals surface area contributed by atoms with E-state index in [1.165, 1.54) is 0 Å². The third-order valence-electron chi connectivity index (χ3n) is 5.82. The van der Waals surface area contributed by atoms with Crippen molar-refractivity contribution >= 4 is 22.6 Å². The predicted octanol–water partition coefficient (Wildman–Crippen LogP) is 3.22. The first kappa shape index (κ1) is 24.5. The number of benzene rings is 2. The van der Waals surface area contributed by atoms with Crippen LogP contribution < -0.4 is 15.5 Å². The molecular weight excluding hydrogens is 420 g/mol. The summed E-state index contributed by atoms with van der Waals surface area (Å²) in [4.78, 5) is 37.1. The summed E-state index contributed by atoms with van der Waals surface area (Å²) in [5.41, 5.74) is 1.22. The van der Waals surface area contributed by atoms with Crippen LogP contribution in [0.5, 0.6) is 5.75 Å². The molecule has 2 atom stereocenters. The summed E-state index contributed by atoms with van der Waals surface area (Å²) in [6, 6.07) is 15.0. The average Bonchev–Trinajstić information content (AvgIpc) is 3.30. The molecule has 0 bridgehead atoms. The van der Waals surface area contributed by atoms with Crippen LogP contribution in [-0.4, -0.2) is 50.1 Å². The number of methoxy groups -OCH3 is 1. The first-order chi connectivity index (χ1) is 16.0. The molecular formula is C26H32N2O5. The van der Waals surface area contributed by atoms with Crippen molar-refractivity contribution in [1.82, 2.24) is 10.2 Å². The van der Waals surface area contributed by atoms with E-state index in [0.717, 1.165) is 28.5 Å². The molecule has 1 heterocycles. The number of fused-ring (bicyclic) bond motifs is 1. The van der Waals surface area contributed by atoms with Crippen LogP contribution in [0, 0.1) is 5.92 Å². The number of likely N-dealkylation sites (tertiary alicyclic amines) is 1. The SMILES string of the molecule is CCCNC(=O)CN1CCC(C(=O)OCC)C1c1ccc(OC)cc1.O=c1c2ccccc12. The topological polar surface area (TPSA) is 84.9 Å². The summed E-state index contributed by atoms with van der Waals surface area (Å²) in [6.07, 6.45) is 1.59. The molecule has 4 rings (SSSR count). The maximum absolute atomic E-state index is 12.4. The Morgan fingerprint density at radius 3 is 2.27 bits per heavy atom. The molecule has 0 aliphatic carbocycles. The summed E-state index contributed by atoms with van der Waals surface area (Å²) in [7, 11) is 1.62. The van der Waals surface area contributed by atoms with Gasteiger partial charge >= 0.3 is 5.97 Å². The van der Waals surface area contributed by atoms with Gasteiger partial charge in [-0.25, -0.2) is 0 Å².